The fourth-order valence-electron chi connectivity index (χ4n) is 3.61. The van der Waals surface area contributed by atoms with Crippen LogP contribution in [-0.4, -0.2) is 17.1 Å². The second kappa shape index (κ2) is 11.0. The maximum absolute atomic E-state index is 5.88. The molecule has 2 aromatic carbocycles. The molecule has 0 fully saturated rings. The molecule has 1 N–H and O–H groups in total. The summed E-state index contributed by atoms with van der Waals surface area (Å²) in [7, 11) is 1.64. The maximum Gasteiger partial charge on any atom is 0.161 e. The predicted octanol–water partition coefficient (Wildman–Crippen LogP) is 7.38. The summed E-state index contributed by atoms with van der Waals surface area (Å²) in [6.07, 6.45) is 12.6. The Morgan fingerprint density at radius 3 is 2.53 bits per heavy atom. The average Bonchev–Trinajstić information content (AvgIpc) is 3.29. The maximum atomic E-state index is 5.88. The number of H-pyrrole nitrogens is 1. The van der Waals surface area contributed by atoms with Crippen molar-refractivity contribution in [2.45, 2.75) is 13.0 Å². The molecule has 170 valence electrons. The van der Waals surface area contributed by atoms with Crippen molar-refractivity contribution in [3.05, 3.63) is 126 Å². The number of nitrogens with zero attached hydrogens (tertiary/aromatic N) is 1. The molecule has 34 heavy (non-hydrogen) atoms. The van der Waals surface area contributed by atoms with Crippen molar-refractivity contribution in [2.75, 3.05) is 7.11 Å². The van der Waals surface area contributed by atoms with Crippen LogP contribution in [0, 0.1) is 0 Å². The number of pyridine rings is 1. The number of aromatic amines is 1. The highest BCUT2D eigenvalue weighted by Gasteiger charge is 2.06. The third-order valence-electron chi connectivity index (χ3n) is 5.37. The Kier molecular flexibility index (Phi) is 7.41. The summed E-state index contributed by atoms with van der Waals surface area (Å²) in [5.74, 6) is 1.36. The topological polar surface area (TPSA) is 47.1 Å². The zero-order chi connectivity index (χ0) is 23.8. The Hall–Kier alpha value is -4.31. The van der Waals surface area contributed by atoms with Gasteiger partial charge in [-0.05, 0) is 47.9 Å². The molecule has 0 aliphatic carbocycles. The fraction of sp³-hybridized carbons (Fsp3) is 0.100. The van der Waals surface area contributed by atoms with Crippen molar-refractivity contribution in [3.63, 3.8) is 0 Å². The smallest absolute Gasteiger partial charge is 0.161 e. The fourth-order valence-corrected chi connectivity index (χ4v) is 3.61. The minimum atomic E-state index is 0.386. The van der Waals surface area contributed by atoms with Crippen molar-refractivity contribution < 1.29 is 9.47 Å². The average molecular weight is 449 g/mol. The summed E-state index contributed by atoms with van der Waals surface area (Å²) in [6, 6.07) is 19.9. The van der Waals surface area contributed by atoms with Crippen LogP contribution in [0.5, 0.6) is 11.5 Å². The molecule has 0 spiro atoms. The van der Waals surface area contributed by atoms with Gasteiger partial charge in [0.1, 0.15) is 6.61 Å². The van der Waals surface area contributed by atoms with E-state index in [1.807, 2.05) is 73.0 Å². The van der Waals surface area contributed by atoms with Crippen molar-refractivity contribution in [2.24, 2.45) is 0 Å². The van der Waals surface area contributed by atoms with Gasteiger partial charge < -0.3 is 14.5 Å². The molecule has 4 rings (SSSR count). The summed E-state index contributed by atoms with van der Waals surface area (Å²) in [4.78, 5) is 7.57. The number of aromatic nitrogens is 2. The van der Waals surface area contributed by atoms with Gasteiger partial charge in [0, 0.05) is 23.3 Å². The van der Waals surface area contributed by atoms with Gasteiger partial charge in [0.25, 0.3) is 0 Å². The molecular formula is C30H28N2O2. The summed E-state index contributed by atoms with van der Waals surface area (Å²) >= 11 is 0. The van der Waals surface area contributed by atoms with Crippen LogP contribution in [0.25, 0.3) is 23.1 Å². The first-order chi connectivity index (χ1) is 16.6. The predicted molar refractivity (Wildman–Crippen MR) is 141 cm³/mol. The van der Waals surface area contributed by atoms with Crippen LogP contribution in [0.3, 0.4) is 0 Å². The summed E-state index contributed by atoms with van der Waals surface area (Å²) in [6.45, 7) is 8.74. The highest BCUT2D eigenvalue weighted by Crippen LogP contribution is 2.29. The number of para-hydroxylation sites is 1. The normalized spacial score (nSPS) is 11.3. The van der Waals surface area contributed by atoms with Crippen molar-refractivity contribution in [1.29, 1.82) is 0 Å². The Bertz CT molecular complexity index is 1350. The van der Waals surface area contributed by atoms with Gasteiger partial charge in [-0.25, -0.2) is 0 Å². The lowest BCUT2D eigenvalue weighted by atomic mass is 10.0. The number of fused-ring (bicyclic) bond motifs is 1. The second-order valence-electron chi connectivity index (χ2n) is 7.97. The van der Waals surface area contributed by atoms with E-state index < -0.39 is 0 Å². The molecule has 0 aliphatic heterocycles. The van der Waals surface area contributed by atoms with Gasteiger partial charge in [-0.2, -0.15) is 0 Å². The number of allylic oxidation sites excluding steroid dienone is 4. The quantitative estimate of drug-likeness (QED) is 0.257. The summed E-state index contributed by atoms with van der Waals surface area (Å²) < 4.78 is 11.4. The van der Waals surface area contributed by atoms with E-state index in [0.717, 1.165) is 33.5 Å². The van der Waals surface area contributed by atoms with Crippen molar-refractivity contribution >= 4 is 23.1 Å². The van der Waals surface area contributed by atoms with Crippen molar-refractivity contribution in [1.82, 2.24) is 9.97 Å². The molecule has 0 atom stereocenters. The molecule has 0 saturated heterocycles. The Morgan fingerprint density at radius 2 is 1.74 bits per heavy atom. The number of nitrogens with one attached hydrogen (secondary N) is 1. The molecule has 0 aliphatic rings. The largest absolute Gasteiger partial charge is 0.493 e. The molecular weight excluding hydrogens is 420 g/mol. The zero-order valence-electron chi connectivity index (χ0n) is 19.3. The van der Waals surface area contributed by atoms with E-state index >= 15 is 0 Å². The number of benzene rings is 2. The van der Waals surface area contributed by atoms with Crippen LogP contribution in [0.2, 0.25) is 0 Å². The van der Waals surface area contributed by atoms with Crippen LogP contribution in [0.4, 0.5) is 0 Å². The Labute approximate surface area is 200 Å². The SMILES string of the molecule is C=C(/C=C/c1ccc(OCc2ccccn2)c(OC)c1)CC(=C)/C=C/c1c[nH]c2ccccc12. The molecule has 2 heterocycles. The van der Waals surface area contributed by atoms with Crippen LogP contribution >= 0.6 is 0 Å². The van der Waals surface area contributed by atoms with Crippen LogP contribution in [-0.2, 0) is 6.61 Å². The van der Waals surface area contributed by atoms with Gasteiger partial charge in [0.15, 0.2) is 11.5 Å². The first-order valence-electron chi connectivity index (χ1n) is 11.1. The van der Waals surface area contributed by atoms with E-state index in [0.29, 0.717) is 24.5 Å². The van der Waals surface area contributed by atoms with E-state index in [4.69, 9.17) is 9.47 Å². The lowest BCUT2D eigenvalue weighted by molar-refractivity contribution is 0.280. The van der Waals surface area contributed by atoms with Gasteiger partial charge in [-0.3, -0.25) is 4.98 Å². The second-order valence-corrected chi connectivity index (χ2v) is 7.97. The third-order valence-corrected chi connectivity index (χ3v) is 5.37. The van der Waals surface area contributed by atoms with Gasteiger partial charge in [-0.1, -0.05) is 78.9 Å². The molecule has 0 bridgehead atoms. The van der Waals surface area contributed by atoms with Gasteiger partial charge in [0.05, 0.1) is 12.8 Å². The lowest BCUT2D eigenvalue weighted by Gasteiger charge is -2.11. The monoisotopic (exact) mass is 448 g/mol. The van der Waals surface area contributed by atoms with Crippen LogP contribution < -0.4 is 9.47 Å². The number of hydrogen-bond acceptors (Lipinski definition) is 3. The Morgan fingerprint density at radius 1 is 0.941 bits per heavy atom. The number of methoxy groups -OCH3 is 1. The summed E-state index contributed by atoms with van der Waals surface area (Å²) in [5, 5.41) is 1.20. The minimum absolute atomic E-state index is 0.386. The number of rotatable bonds is 10. The molecule has 2 aromatic heterocycles. The molecule has 4 heteroatoms. The van der Waals surface area contributed by atoms with E-state index in [1.54, 1.807) is 13.3 Å². The lowest BCUT2D eigenvalue weighted by Crippen LogP contribution is -1.99. The number of ether oxygens (including phenoxy) is 2. The van der Waals surface area contributed by atoms with E-state index in [2.05, 4.69) is 41.3 Å². The van der Waals surface area contributed by atoms with E-state index in [1.165, 1.54) is 5.39 Å². The van der Waals surface area contributed by atoms with Crippen molar-refractivity contribution in [3.8, 4) is 11.5 Å². The highest BCUT2D eigenvalue weighted by molar-refractivity contribution is 5.89. The standard InChI is InChI=1S/C30H28N2O2/c1-22(18-23(2)12-15-25-20-32-28-10-5-4-9-27(25)28)11-13-24-14-16-29(30(19-24)33-3)34-21-26-8-6-7-17-31-26/h4-17,19-20,32H,1-2,18,21H2,3H3/b13-11+,15-12+. The van der Waals surface area contributed by atoms with Gasteiger partial charge >= 0.3 is 0 Å². The van der Waals surface area contributed by atoms with Crippen LogP contribution in [0.1, 0.15) is 23.2 Å². The first kappa shape index (κ1) is 22.9. The third kappa shape index (κ3) is 5.93. The van der Waals surface area contributed by atoms with E-state index in [9.17, 15) is 0 Å². The first-order valence-corrected chi connectivity index (χ1v) is 11.1. The molecule has 0 saturated carbocycles. The minimum Gasteiger partial charge on any atom is -0.493 e. The Balaban J connectivity index is 1.34. The molecule has 0 radical (unpaired) electrons. The van der Waals surface area contributed by atoms with Gasteiger partial charge in [-0.15, -0.1) is 0 Å². The molecule has 0 unspecified atom stereocenters. The summed E-state index contributed by atoms with van der Waals surface area (Å²) in [5.41, 5.74) is 6.12. The van der Waals surface area contributed by atoms with Crippen LogP contribution in [0.15, 0.2) is 110 Å². The number of hydrogen-bond donors (Lipinski definition) is 1. The highest BCUT2D eigenvalue weighted by atomic mass is 16.5. The van der Waals surface area contributed by atoms with E-state index in [-0.39, 0.29) is 0 Å². The van der Waals surface area contributed by atoms with Gasteiger partial charge in [0.2, 0.25) is 0 Å². The molecule has 0 amide bonds. The molecule has 4 aromatic rings. The molecule has 4 nitrogen and oxygen atoms in total. The zero-order valence-corrected chi connectivity index (χ0v) is 19.3.